The highest BCUT2D eigenvalue weighted by molar-refractivity contribution is 5.66. The van der Waals surface area contributed by atoms with Crippen molar-refractivity contribution in [3.05, 3.63) is 0 Å². The molecule has 0 aromatic heterocycles. The Kier molecular flexibility index (Phi) is 12.0. The molecule has 150 valence electrons. The lowest BCUT2D eigenvalue weighted by atomic mass is 9.89. The number of hydrogen-bond donors (Lipinski definition) is 3. The van der Waals surface area contributed by atoms with Crippen molar-refractivity contribution in [3.63, 3.8) is 0 Å². The van der Waals surface area contributed by atoms with Crippen LogP contribution in [0.1, 0.15) is 47.5 Å². The third-order valence-electron chi connectivity index (χ3n) is 3.45. The Morgan fingerprint density at radius 1 is 1.12 bits per heavy atom. The van der Waals surface area contributed by atoms with Gasteiger partial charge in [0.05, 0.1) is 32.5 Å². The molecule has 0 aromatic rings. The second-order valence-electron chi connectivity index (χ2n) is 8.31. The summed E-state index contributed by atoms with van der Waals surface area (Å²) in [5.41, 5.74) is 5.27. The lowest BCUT2D eigenvalue weighted by Gasteiger charge is -2.26. The van der Waals surface area contributed by atoms with Gasteiger partial charge < -0.3 is 30.4 Å². The molecule has 0 rings (SSSR count). The quantitative estimate of drug-likeness (QED) is 0.433. The first-order chi connectivity index (χ1) is 11.6. The molecule has 0 fully saturated rings. The molecule has 0 saturated carbocycles. The van der Waals surface area contributed by atoms with Crippen LogP contribution in [0.2, 0.25) is 0 Å². The van der Waals surface area contributed by atoms with Gasteiger partial charge in [0.25, 0.3) is 0 Å². The summed E-state index contributed by atoms with van der Waals surface area (Å²) in [5.74, 6) is 0. The molecule has 0 radical (unpaired) electrons. The van der Waals surface area contributed by atoms with Crippen LogP contribution in [0.3, 0.4) is 0 Å². The Morgan fingerprint density at radius 3 is 2.40 bits per heavy atom. The first-order valence-electron chi connectivity index (χ1n) is 9.00. The molecule has 7 nitrogen and oxygen atoms in total. The van der Waals surface area contributed by atoms with E-state index in [1.807, 2.05) is 0 Å². The normalized spacial score (nSPS) is 13.6. The summed E-state index contributed by atoms with van der Waals surface area (Å²) in [7, 11) is 0. The van der Waals surface area contributed by atoms with Crippen LogP contribution in [-0.2, 0) is 14.2 Å². The topological polar surface area (TPSA) is 103 Å². The fourth-order valence-electron chi connectivity index (χ4n) is 2.24. The number of ether oxygens (including phenoxy) is 3. The molecule has 0 heterocycles. The van der Waals surface area contributed by atoms with E-state index in [1.54, 1.807) is 0 Å². The summed E-state index contributed by atoms with van der Waals surface area (Å²) in [5, 5.41) is 12.7. The van der Waals surface area contributed by atoms with Crippen molar-refractivity contribution in [1.29, 1.82) is 0 Å². The zero-order valence-corrected chi connectivity index (χ0v) is 16.6. The van der Waals surface area contributed by atoms with Gasteiger partial charge in [-0.05, 0) is 23.7 Å². The monoisotopic (exact) mass is 362 g/mol. The van der Waals surface area contributed by atoms with Gasteiger partial charge in [-0.1, -0.05) is 34.6 Å². The SMILES string of the molecule is CC(C)(C)CC(O)COCC(C)(C)CCNC(=O)OCCOCCN. The Bertz CT molecular complexity index is 356. The number of amides is 1. The van der Waals surface area contributed by atoms with Crippen molar-refractivity contribution < 1.29 is 24.1 Å². The minimum atomic E-state index is -0.453. The Hall–Kier alpha value is -0.890. The van der Waals surface area contributed by atoms with Gasteiger partial charge in [0.15, 0.2) is 0 Å². The minimum Gasteiger partial charge on any atom is -0.447 e. The van der Waals surface area contributed by atoms with Crippen molar-refractivity contribution in [2.24, 2.45) is 16.6 Å². The van der Waals surface area contributed by atoms with Crippen LogP contribution in [0.4, 0.5) is 4.79 Å². The average molecular weight is 363 g/mol. The fraction of sp³-hybridized carbons (Fsp3) is 0.944. The molecule has 1 amide bonds. The number of carbonyl (C=O) groups excluding carboxylic acids is 1. The molecule has 0 aromatic carbocycles. The van der Waals surface area contributed by atoms with Gasteiger partial charge >= 0.3 is 6.09 Å². The number of nitrogens with one attached hydrogen (secondary N) is 1. The smallest absolute Gasteiger partial charge is 0.407 e. The largest absolute Gasteiger partial charge is 0.447 e. The summed E-state index contributed by atoms with van der Waals surface area (Å²) in [4.78, 5) is 11.5. The molecular weight excluding hydrogens is 324 g/mol. The average Bonchev–Trinajstić information content (AvgIpc) is 2.44. The summed E-state index contributed by atoms with van der Waals surface area (Å²) in [6.07, 6.45) is 0.552. The summed E-state index contributed by atoms with van der Waals surface area (Å²) in [6, 6.07) is 0. The molecule has 0 aliphatic heterocycles. The van der Waals surface area contributed by atoms with Gasteiger partial charge in [0.1, 0.15) is 6.61 Å². The minimum absolute atomic E-state index is 0.0813. The number of hydrogen-bond acceptors (Lipinski definition) is 6. The van der Waals surface area contributed by atoms with Crippen molar-refractivity contribution in [3.8, 4) is 0 Å². The zero-order chi connectivity index (χ0) is 19.3. The highest BCUT2D eigenvalue weighted by atomic mass is 16.6. The molecule has 0 aliphatic rings. The Balaban J connectivity index is 3.77. The van der Waals surface area contributed by atoms with Crippen molar-refractivity contribution in [2.75, 3.05) is 46.1 Å². The third kappa shape index (κ3) is 16.3. The van der Waals surface area contributed by atoms with Crippen LogP contribution in [0.15, 0.2) is 0 Å². The number of aliphatic hydroxyl groups excluding tert-OH is 1. The first-order valence-corrected chi connectivity index (χ1v) is 9.00. The standard InChI is InChI=1S/C18H38N2O5/c1-17(2,3)12-15(21)13-24-14-18(4,5)6-8-20-16(22)25-11-10-23-9-7-19/h15,21H,6-14,19H2,1-5H3,(H,20,22). The van der Waals surface area contributed by atoms with E-state index in [0.717, 1.165) is 6.42 Å². The van der Waals surface area contributed by atoms with Gasteiger partial charge in [0, 0.05) is 13.1 Å². The second kappa shape index (κ2) is 12.5. The molecule has 0 bridgehead atoms. The highest BCUT2D eigenvalue weighted by Gasteiger charge is 2.21. The van der Waals surface area contributed by atoms with E-state index in [2.05, 4.69) is 39.9 Å². The molecule has 0 aliphatic carbocycles. The van der Waals surface area contributed by atoms with Crippen molar-refractivity contribution in [2.45, 2.75) is 53.6 Å². The van der Waals surface area contributed by atoms with Crippen molar-refractivity contribution in [1.82, 2.24) is 5.32 Å². The van der Waals surface area contributed by atoms with Gasteiger partial charge in [-0.2, -0.15) is 0 Å². The van der Waals surface area contributed by atoms with E-state index in [0.29, 0.717) is 45.9 Å². The second-order valence-corrected chi connectivity index (χ2v) is 8.31. The van der Waals surface area contributed by atoms with E-state index < -0.39 is 12.2 Å². The first kappa shape index (κ1) is 24.1. The van der Waals surface area contributed by atoms with E-state index in [9.17, 15) is 9.90 Å². The van der Waals surface area contributed by atoms with E-state index >= 15 is 0 Å². The summed E-state index contributed by atoms with van der Waals surface area (Å²) < 4.78 is 15.7. The lowest BCUT2D eigenvalue weighted by molar-refractivity contribution is -0.0132. The number of carbonyl (C=O) groups is 1. The van der Waals surface area contributed by atoms with Gasteiger partial charge in [-0.15, -0.1) is 0 Å². The summed E-state index contributed by atoms with van der Waals surface area (Å²) in [6.45, 7) is 13.2. The molecule has 25 heavy (non-hydrogen) atoms. The van der Waals surface area contributed by atoms with Crippen LogP contribution in [0, 0.1) is 10.8 Å². The lowest BCUT2D eigenvalue weighted by Crippen LogP contribution is -2.32. The van der Waals surface area contributed by atoms with E-state index in [4.69, 9.17) is 19.9 Å². The number of rotatable bonds is 13. The van der Waals surface area contributed by atoms with Crippen LogP contribution in [0.5, 0.6) is 0 Å². The number of aliphatic hydroxyl groups is 1. The molecule has 1 unspecified atom stereocenters. The van der Waals surface area contributed by atoms with Crippen LogP contribution >= 0.6 is 0 Å². The number of alkyl carbamates (subject to hydrolysis) is 1. The Labute approximate surface area is 152 Å². The number of nitrogens with two attached hydrogens (primary N) is 1. The van der Waals surface area contributed by atoms with Crippen LogP contribution in [-0.4, -0.2) is 63.4 Å². The van der Waals surface area contributed by atoms with E-state index in [1.165, 1.54) is 0 Å². The predicted octanol–water partition coefficient (Wildman–Crippen LogP) is 1.92. The maximum Gasteiger partial charge on any atom is 0.407 e. The van der Waals surface area contributed by atoms with Gasteiger partial charge in [0.2, 0.25) is 0 Å². The maximum absolute atomic E-state index is 11.5. The van der Waals surface area contributed by atoms with Crippen LogP contribution < -0.4 is 11.1 Å². The summed E-state index contributed by atoms with van der Waals surface area (Å²) >= 11 is 0. The van der Waals surface area contributed by atoms with Gasteiger partial charge in [-0.3, -0.25) is 0 Å². The molecule has 0 saturated heterocycles. The molecule has 4 N–H and O–H groups in total. The van der Waals surface area contributed by atoms with Gasteiger partial charge in [-0.25, -0.2) is 4.79 Å². The zero-order valence-electron chi connectivity index (χ0n) is 16.6. The third-order valence-corrected chi connectivity index (χ3v) is 3.45. The molecule has 0 spiro atoms. The van der Waals surface area contributed by atoms with E-state index in [-0.39, 0.29) is 17.4 Å². The predicted molar refractivity (Wildman–Crippen MR) is 98.5 cm³/mol. The Morgan fingerprint density at radius 2 is 1.80 bits per heavy atom. The highest BCUT2D eigenvalue weighted by Crippen LogP contribution is 2.23. The van der Waals surface area contributed by atoms with Crippen LogP contribution in [0.25, 0.3) is 0 Å². The molecule has 1 atom stereocenters. The molecular formula is C18H38N2O5. The maximum atomic E-state index is 11.5. The fourth-order valence-corrected chi connectivity index (χ4v) is 2.24. The molecule has 7 heteroatoms. The van der Waals surface area contributed by atoms with Crippen molar-refractivity contribution >= 4 is 6.09 Å².